The van der Waals surface area contributed by atoms with Gasteiger partial charge in [0, 0.05) is 56.1 Å². The van der Waals surface area contributed by atoms with E-state index in [1.165, 1.54) is 5.56 Å². The number of carbonyl (C=O) groups excluding carboxylic acids is 2. The molecule has 0 fully saturated rings. The quantitative estimate of drug-likeness (QED) is 0.0728. The summed E-state index contributed by atoms with van der Waals surface area (Å²) < 4.78 is 22.9. The van der Waals surface area contributed by atoms with Crippen LogP contribution in [0.3, 0.4) is 0 Å². The highest BCUT2D eigenvalue weighted by atomic mass is 79.9. The summed E-state index contributed by atoms with van der Waals surface area (Å²) in [4.78, 5) is 28.9. The Labute approximate surface area is 423 Å². The van der Waals surface area contributed by atoms with Crippen molar-refractivity contribution in [3.63, 3.8) is 0 Å². The fourth-order valence-corrected chi connectivity index (χ4v) is 6.63. The molecule has 0 aromatic heterocycles. The first-order chi connectivity index (χ1) is 32.0. The number of carbonyl (C=O) groups is 2. The van der Waals surface area contributed by atoms with Gasteiger partial charge in [-0.1, -0.05) is 108 Å². The largest absolute Gasteiger partial charge is 0.494 e. The van der Waals surface area contributed by atoms with Gasteiger partial charge in [-0.2, -0.15) is 0 Å². The van der Waals surface area contributed by atoms with Gasteiger partial charge in [0.25, 0.3) is 0 Å². The number of nitrogens with zero attached hydrogens (tertiary/aromatic N) is 2. The summed E-state index contributed by atoms with van der Waals surface area (Å²) in [5.41, 5.74) is 11.8. The Bertz CT molecular complexity index is 2320. The van der Waals surface area contributed by atoms with E-state index in [0.717, 1.165) is 62.6 Å². The van der Waals surface area contributed by atoms with Crippen molar-refractivity contribution in [1.82, 2.24) is 9.80 Å². The molecule has 0 unspecified atom stereocenters. The highest BCUT2D eigenvalue weighted by Gasteiger charge is 2.23. The average Bonchev–Trinajstić information content (AvgIpc) is 3.29. The van der Waals surface area contributed by atoms with Crippen LogP contribution in [0.4, 0.5) is 26.7 Å². The van der Waals surface area contributed by atoms with Crippen molar-refractivity contribution in [2.24, 2.45) is 0 Å². The third kappa shape index (κ3) is 23.9. The van der Waals surface area contributed by atoms with E-state index in [1.54, 1.807) is 9.80 Å². The van der Waals surface area contributed by atoms with Crippen molar-refractivity contribution < 1.29 is 28.5 Å². The topological polar surface area (TPSA) is 116 Å². The summed E-state index contributed by atoms with van der Waals surface area (Å²) in [6.45, 7) is 18.9. The molecular formula is C57H73BBrN4O6. The molecule has 367 valence electrons. The van der Waals surface area contributed by atoms with E-state index in [1.807, 2.05) is 177 Å². The normalized spacial score (nSPS) is 10.5. The molecule has 0 aliphatic carbocycles. The molecule has 3 N–H and O–H groups in total. The average molecular weight is 1000 g/mol. The maximum absolute atomic E-state index is 12.8. The molecule has 0 heterocycles. The lowest BCUT2D eigenvalue weighted by molar-refractivity contribution is 0.0225. The number of ether oxygens (including phenoxy) is 4. The van der Waals surface area contributed by atoms with E-state index >= 15 is 0 Å². The fraction of sp³-hybridized carbons (Fsp3) is 0.333. The van der Waals surface area contributed by atoms with Crippen molar-refractivity contribution in [2.75, 3.05) is 37.4 Å². The summed E-state index contributed by atoms with van der Waals surface area (Å²) in [7, 11) is 0. The van der Waals surface area contributed by atoms with Crippen molar-refractivity contribution in [3.8, 4) is 11.5 Å². The minimum Gasteiger partial charge on any atom is -0.494 e. The Balaban J connectivity index is 0.000000396. The predicted octanol–water partition coefficient (Wildman–Crippen LogP) is 14.2. The zero-order valence-electron chi connectivity index (χ0n) is 41.0. The van der Waals surface area contributed by atoms with E-state index in [9.17, 15) is 9.59 Å². The maximum atomic E-state index is 12.8. The Hall–Kier alpha value is -6.40. The van der Waals surface area contributed by atoms with Crippen LogP contribution >= 0.6 is 15.9 Å². The molecule has 0 aliphatic heterocycles. The highest BCUT2D eigenvalue weighted by molar-refractivity contribution is 9.10. The second-order valence-corrected chi connectivity index (χ2v) is 18.6. The van der Waals surface area contributed by atoms with Gasteiger partial charge in [-0.25, -0.2) is 9.59 Å². The van der Waals surface area contributed by atoms with E-state index < -0.39 is 11.2 Å². The lowest BCUT2D eigenvalue weighted by Crippen LogP contribution is -2.37. The van der Waals surface area contributed by atoms with E-state index in [2.05, 4.69) is 57.6 Å². The minimum atomic E-state index is -0.528. The van der Waals surface area contributed by atoms with Gasteiger partial charge in [0.1, 0.15) is 22.7 Å². The Morgan fingerprint density at radius 1 is 0.522 bits per heavy atom. The van der Waals surface area contributed by atoms with Crippen molar-refractivity contribution in [1.29, 1.82) is 0 Å². The number of halogens is 1. The van der Waals surface area contributed by atoms with E-state index in [4.69, 9.17) is 24.7 Å². The second kappa shape index (κ2) is 30.2. The molecule has 0 saturated carbocycles. The number of anilines is 3. The Kier molecular flexibility index (Phi) is 25.7. The van der Waals surface area contributed by atoms with Crippen LogP contribution in [-0.2, 0) is 35.4 Å². The number of nitrogens with one attached hydrogen (secondary N) is 1. The van der Waals surface area contributed by atoms with Gasteiger partial charge >= 0.3 is 12.2 Å². The van der Waals surface area contributed by atoms with Crippen LogP contribution in [0, 0.1) is 0 Å². The molecule has 0 aliphatic rings. The smallest absolute Gasteiger partial charge is 0.410 e. The number of hydrogen-bond donors (Lipinski definition) is 2. The molecule has 6 rings (SSSR count). The first-order valence-electron chi connectivity index (χ1n) is 22.8. The third-order valence-electron chi connectivity index (χ3n) is 9.59. The monoisotopic (exact) mass is 999 g/mol. The summed E-state index contributed by atoms with van der Waals surface area (Å²) in [5.74, 6) is 1.74. The zero-order valence-corrected chi connectivity index (χ0v) is 42.6. The molecule has 10 nitrogen and oxygen atoms in total. The van der Waals surface area contributed by atoms with Crippen LogP contribution < -0.4 is 20.5 Å². The van der Waals surface area contributed by atoms with Gasteiger partial charge in [0.15, 0.2) is 0 Å². The maximum Gasteiger partial charge on any atom is 0.410 e. The Morgan fingerprint density at radius 3 is 1.23 bits per heavy atom. The van der Waals surface area contributed by atoms with Crippen LogP contribution in [0.5, 0.6) is 11.5 Å². The van der Waals surface area contributed by atoms with Crippen LogP contribution in [-0.4, -0.2) is 67.9 Å². The van der Waals surface area contributed by atoms with Crippen LogP contribution in [0.25, 0.3) is 0 Å². The fourth-order valence-electron chi connectivity index (χ4n) is 6.36. The SMILES string of the molecule is C.CC(C)(C)OC(=O)N(CCc1ccc(Br)cc1)Cc1ccccc1.CCOc1ccc(N)cc1.CCOc1ccc(Nc2ccc(CCN(Cc3ccccc3)C(=O)OC(C)(C)C)cc2)cc1.[B]. The van der Waals surface area contributed by atoms with Gasteiger partial charge in [-0.05, 0) is 163 Å². The molecule has 6 aromatic carbocycles. The van der Waals surface area contributed by atoms with Gasteiger partial charge in [-0.15, -0.1) is 0 Å². The molecule has 6 aromatic rings. The first kappa shape index (κ1) is 58.7. The number of hydrogen-bond acceptors (Lipinski definition) is 8. The molecule has 12 heteroatoms. The summed E-state index contributed by atoms with van der Waals surface area (Å²) in [6, 6.07) is 51.7. The summed E-state index contributed by atoms with van der Waals surface area (Å²) >= 11 is 3.44. The van der Waals surface area contributed by atoms with Crippen LogP contribution in [0.15, 0.2) is 162 Å². The number of amides is 2. The van der Waals surface area contributed by atoms with Gasteiger partial charge < -0.3 is 39.8 Å². The molecule has 0 atom stereocenters. The third-order valence-corrected chi connectivity index (χ3v) is 10.1. The van der Waals surface area contributed by atoms with Crippen molar-refractivity contribution in [2.45, 2.75) is 99.9 Å². The number of benzene rings is 6. The molecule has 0 saturated heterocycles. The second-order valence-electron chi connectivity index (χ2n) is 17.7. The standard InChI is InChI=1S/C28H34N2O3.C20H24BrNO2.C8H11NO.CH4.B/c1-5-32-26-17-15-25(16-18-26)29-24-13-11-22(12-14-24)19-20-30(27(31)33-28(2,3)4)21-23-9-7-6-8-10-23;1-20(2,3)24-19(23)22(15-17-7-5-4-6-8-17)14-13-16-9-11-18(21)12-10-16;1-2-10-8-5-3-7(9)4-6-8;;/h6-18,29H,5,19-21H2,1-4H3;4-12H,13-15H2,1-3H3;3-6H,2,9H2,1H3;1H4;. The van der Waals surface area contributed by atoms with Gasteiger partial charge in [0.2, 0.25) is 0 Å². The summed E-state index contributed by atoms with van der Waals surface area (Å²) in [6.07, 6.45) is 0.970. The van der Waals surface area contributed by atoms with Gasteiger partial charge in [0.05, 0.1) is 13.2 Å². The molecule has 0 bridgehead atoms. The predicted molar refractivity (Wildman–Crippen MR) is 290 cm³/mol. The molecular weight excluding hydrogens is 927 g/mol. The lowest BCUT2D eigenvalue weighted by Gasteiger charge is -2.27. The van der Waals surface area contributed by atoms with Crippen molar-refractivity contribution in [3.05, 3.63) is 184 Å². The highest BCUT2D eigenvalue weighted by Crippen LogP contribution is 2.22. The summed E-state index contributed by atoms with van der Waals surface area (Å²) in [5, 5.41) is 3.40. The van der Waals surface area contributed by atoms with Crippen LogP contribution in [0.1, 0.15) is 85.1 Å². The lowest BCUT2D eigenvalue weighted by atomic mass is 10.1. The number of rotatable bonds is 16. The minimum absolute atomic E-state index is 0. The van der Waals surface area contributed by atoms with Crippen molar-refractivity contribution >= 4 is 53.6 Å². The number of nitrogens with two attached hydrogens (primary N) is 1. The number of nitrogen functional groups attached to an aromatic ring is 1. The van der Waals surface area contributed by atoms with Crippen LogP contribution in [0.2, 0.25) is 0 Å². The van der Waals surface area contributed by atoms with Gasteiger partial charge in [-0.3, -0.25) is 0 Å². The molecule has 69 heavy (non-hydrogen) atoms. The Morgan fingerprint density at radius 2 is 0.870 bits per heavy atom. The first-order valence-corrected chi connectivity index (χ1v) is 23.6. The van der Waals surface area contributed by atoms with E-state index in [-0.39, 0.29) is 28.0 Å². The van der Waals surface area contributed by atoms with E-state index in [0.29, 0.717) is 39.4 Å². The zero-order chi connectivity index (χ0) is 48.7. The molecule has 3 radical (unpaired) electrons. The molecule has 2 amide bonds. The molecule has 0 spiro atoms.